The molecule has 0 aliphatic carbocycles. The van der Waals surface area contributed by atoms with Crippen molar-refractivity contribution in [3.8, 4) is 5.75 Å². The number of hydrogen-bond acceptors (Lipinski definition) is 3. The minimum absolute atomic E-state index is 0. The first kappa shape index (κ1) is 13.5. The Hall–Kier alpha value is -0.580. The Morgan fingerprint density at radius 3 is 2.69 bits per heavy atom. The molecule has 0 spiro atoms. The number of phenols is 1. The fourth-order valence-corrected chi connectivity index (χ4v) is 1.82. The number of ether oxygens (including phenoxy) is 1. The highest BCUT2D eigenvalue weighted by atomic mass is 79.9. The van der Waals surface area contributed by atoms with Crippen LogP contribution in [0.2, 0.25) is 0 Å². The van der Waals surface area contributed by atoms with E-state index in [1.165, 1.54) is 5.56 Å². The molecular weight excluding hydrogens is 270 g/mol. The normalized spacial score (nSPS) is 16.8. The fourth-order valence-electron chi connectivity index (χ4n) is 1.82. The number of morpholine rings is 1. The molecule has 1 aliphatic rings. The lowest BCUT2D eigenvalue weighted by atomic mass is 10.1. The lowest BCUT2D eigenvalue weighted by Gasteiger charge is -2.26. The maximum atomic E-state index is 9.32. The Bertz CT molecular complexity index is 314. The molecule has 1 fully saturated rings. The Labute approximate surface area is 107 Å². The monoisotopic (exact) mass is 287 g/mol. The van der Waals surface area contributed by atoms with Crippen molar-refractivity contribution in [2.24, 2.45) is 0 Å². The zero-order valence-electron chi connectivity index (χ0n) is 9.26. The first-order valence-corrected chi connectivity index (χ1v) is 5.42. The third-order valence-electron chi connectivity index (χ3n) is 2.73. The summed E-state index contributed by atoms with van der Waals surface area (Å²) in [6.07, 6.45) is 0.994. The van der Waals surface area contributed by atoms with Crippen molar-refractivity contribution in [3.63, 3.8) is 0 Å². The van der Waals surface area contributed by atoms with Crippen LogP contribution in [0.5, 0.6) is 5.75 Å². The van der Waals surface area contributed by atoms with Crippen LogP contribution in [-0.2, 0) is 11.2 Å². The molecule has 1 saturated heterocycles. The van der Waals surface area contributed by atoms with Crippen molar-refractivity contribution in [3.05, 3.63) is 29.8 Å². The number of phenolic OH excluding ortho intramolecular Hbond substituents is 1. The molecule has 0 bridgehead atoms. The quantitative estimate of drug-likeness (QED) is 0.921. The van der Waals surface area contributed by atoms with Crippen molar-refractivity contribution in [1.29, 1.82) is 0 Å². The van der Waals surface area contributed by atoms with E-state index in [1.54, 1.807) is 6.07 Å². The summed E-state index contributed by atoms with van der Waals surface area (Å²) >= 11 is 0. The molecule has 0 aromatic heterocycles. The van der Waals surface area contributed by atoms with Gasteiger partial charge in [0.25, 0.3) is 0 Å². The fraction of sp³-hybridized carbons (Fsp3) is 0.500. The minimum atomic E-state index is 0. The number of aromatic hydroxyl groups is 1. The maximum absolute atomic E-state index is 9.32. The van der Waals surface area contributed by atoms with Crippen LogP contribution >= 0.6 is 17.0 Å². The van der Waals surface area contributed by atoms with Gasteiger partial charge in [-0.05, 0) is 24.1 Å². The predicted molar refractivity (Wildman–Crippen MR) is 69.4 cm³/mol. The first-order chi connectivity index (χ1) is 7.34. The number of rotatable bonds is 3. The Kier molecular flexibility index (Phi) is 5.80. The predicted octanol–water partition coefficient (Wildman–Crippen LogP) is 1.84. The molecule has 1 aromatic carbocycles. The smallest absolute Gasteiger partial charge is 0.115 e. The average molecular weight is 288 g/mol. The van der Waals surface area contributed by atoms with E-state index in [0.717, 1.165) is 39.3 Å². The van der Waals surface area contributed by atoms with E-state index >= 15 is 0 Å². The second kappa shape index (κ2) is 6.89. The van der Waals surface area contributed by atoms with Gasteiger partial charge in [0.2, 0.25) is 0 Å². The molecule has 0 saturated carbocycles. The summed E-state index contributed by atoms with van der Waals surface area (Å²) in [6.45, 7) is 4.80. The molecule has 0 amide bonds. The van der Waals surface area contributed by atoms with E-state index < -0.39 is 0 Å². The van der Waals surface area contributed by atoms with Crippen molar-refractivity contribution < 1.29 is 9.84 Å². The number of hydrogen-bond donors (Lipinski definition) is 1. The Morgan fingerprint density at radius 2 is 2.00 bits per heavy atom. The molecule has 1 N–H and O–H groups in total. The average Bonchev–Trinajstić information content (AvgIpc) is 2.28. The number of halogens is 1. The highest BCUT2D eigenvalue weighted by molar-refractivity contribution is 8.93. The summed E-state index contributed by atoms with van der Waals surface area (Å²) in [7, 11) is 0. The van der Waals surface area contributed by atoms with Gasteiger partial charge in [-0.3, -0.25) is 4.90 Å². The van der Waals surface area contributed by atoms with Gasteiger partial charge in [0, 0.05) is 19.6 Å². The van der Waals surface area contributed by atoms with Gasteiger partial charge in [-0.1, -0.05) is 12.1 Å². The van der Waals surface area contributed by atoms with Gasteiger partial charge in [0.05, 0.1) is 13.2 Å². The van der Waals surface area contributed by atoms with Crippen LogP contribution in [0, 0.1) is 0 Å². The highest BCUT2D eigenvalue weighted by Crippen LogP contribution is 2.11. The van der Waals surface area contributed by atoms with Gasteiger partial charge in [0.15, 0.2) is 0 Å². The van der Waals surface area contributed by atoms with Gasteiger partial charge < -0.3 is 9.84 Å². The molecule has 90 valence electrons. The lowest BCUT2D eigenvalue weighted by Crippen LogP contribution is -2.37. The molecule has 0 radical (unpaired) electrons. The van der Waals surface area contributed by atoms with Crippen LogP contribution in [0.25, 0.3) is 0 Å². The van der Waals surface area contributed by atoms with E-state index in [4.69, 9.17) is 4.74 Å². The maximum Gasteiger partial charge on any atom is 0.115 e. The van der Waals surface area contributed by atoms with Crippen LogP contribution in [0.3, 0.4) is 0 Å². The molecular formula is C12H18BrNO2. The summed E-state index contributed by atoms with van der Waals surface area (Å²) in [4.78, 5) is 2.40. The lowest BCUT2D eigenvalue weighted by molar-refractivity contribution is 0.0384. The molecule has 1 heterocycles. The topological polar surface area (TPSA) is 32.7 Å². The van der Waals surface area contributed by atoms with Crippen LogP contribution in [-0.4, -0.2) is 42.9 Å². The minimum Gasteiger partial charge on any atom is -0.508 e. The number of nitrogens with zero attached hydrogens (tertiary/aromatic N) is 1. The van der Waals surface area contributed by atoms with Gasteiger partial charge in [-0.15, -0.1) is 17.0 Å². The van der Waals surface area contributed by atoms with E-state index in [-0.39, 0.29) is 17.0 Å². The van der Waals surface area contributed by atoms with Gasteiger partial charge in [0.1, 0.15) is 5.75 Å². The molecule has 1 aliphatic heterocycles. The van der Waals surface area contributed by atoms with Gasteiger partial charge in [-0.25, -0.2) is 0 Å². The SMILES string of the molecule is Br.Oc1cccc(CCN2CCOCC2)c1. The van der Waals surface area contributed by atoms with Crippen LogP contribution in [0.1, 0.15) is 5.56 Å². The third kappa shape index (κ3) is 4.12. The first-order valence-electron chi connectivity index (χ1n) is 5.42. The van der Waals surface area contributed by atoms with Gasteiger partial charge in [-0.2, -0.15) is 0 Å². The molecule has 0 atom stereocenters. The summed E-state index contributed by atoms with van der Waals surface area (Å²) in [5, 5.41) is 9.32. The molecule has 4 heteroatoms. The molecule has 16 heavy (non-hydrogen) atoms. The second-order valence-corrected chi connectivity index (χ2v) is 3.87. The standard InChI is InChI=1S/C12H17NO2.BrH/c14-12-3-1-2-11(10-12)4-5-13-6-8-15-9-7-13;/h1-3,10,14H,4-9H2;1H. The van der Waals surface area contributed by atoms with E-state index in [9.17, 15) is 5.11 Å². The molecule has 3 nitrogen and oxygen atoms in total. The van der Waals surface area contributed by atoms with E-state index in [2.05, 4.69) is 11.0 Å². The van der Waals surface area contributed by atoms with E-state index in [1.807, 2.05) is 12.1 Å². The Morgan fingerprint density at radius 1 is 1.25 bits per heavy atom. The van der Waals surface area contributed by atoms with Crippen molar-refractivity contribution >= 4 is 17.0 Å². The Balaban J connectivity index is 0.00000128. The summed E-state index contributed by atoms with van der Waals surface area (Å²) in [5.74, 6) is 0.356. The van der Waals surface area contributed by atoms with Crippen molar-refractivity contribution in [2.45, 2.75) is 6.42 Å². The van der Waals surface area contributed by atoms with Crippen molar-refractivity contribution in [1.82, 2.24) is 4.90 Å². The second-order valence-electron chi connectivity index (χ2n) is 3.87. The molecule has 1 aromatic rings. The highest BCUT2D eigenvalue weighted by Gasteiger charge is 2.09. The van der Waals surface area contributed by atoms with Crippen LogP contribution < -0.4 is 0 Å². The van der Waals surface area contributed by atoms with Crippen LogP contribution in [0.4, 0.5) is 0 Å². The molecule has 0 unspecified atom stereocenters. The summed E-state index contributed by atoms with van der Waals surface area (Å²) in [6, 6.07) is 7.49. The van der Waals surface area contributed by atoms with Crippen molar-refractivity contribution in [2.75, 3.05) is 32.8 Å². The van der Waals surface area contributed by atoms with Crippen LogP contribution in [0.15, 0.2) is 24.3 Å². The zero-order chi connectivity index (χ0) is 10.5. The van der Waals surface area contributed by atoms with Gasteiger partial charge >= 0.3 is 0 Å². The zero-order valence-corrected chi connectivity index (χ0v) is 11.0. The van der Waals surface area contributed by atoms with E-state index in [0.29, 0.717) is 5.75 Å². The molecule has 2 rings (SSSR count). The summed E-state index contributed by atoms with van der Waals surface area (Å²) in [5.41, 5.74) is 1.20. The third-order valence-corrected chi connectivity index (χ3v) is 2.73. The largest absolute Gasteiger partial charge is 0.508 e. The summed E-state index contributed by atoms with van der Waals surface area (Å²) < 4.78 is 5.29. The number of benzene rings is 1.